The lowest BCUT2D eigenvalue weighted by Gasteiger charge is -2.16. The van der Waals surface area contributed by atoms with Crippen LogP contribution in [0.5, 0.6) is 17.2 Å². The summed E-state index contributed by atoms with van der Waals surface area (Å²) in [7, 11) is 3.55. The van der Waals surface area contributed by atoms with Crippen LogP contribution in [0.4, 0.5) is 5.69 Å². The Balaban J connectivity index is 1.56. The van der Waals surface area contributed by atoms with Gasteiger partial charge in [0.25, 0.3) is 0 Å². The highest BCUT2D eigenvalue weighted by atomic mass is 32.1. The predicted molar refractivity (Wildman–Crippen MR) is 128 cm³/mol. The van der Waals surface area contributed by atoms with Crippen molar-refractivity contribution in [2.45, 2.75) is 20.4 Å². The molecule has 1 amide bonds. The van der Waals surface area contributed by atoms with Gasteiger partial charge in [0.2, 0.25) is 5.91 Å². The maximum absolute atomic E-state index is 12.5. The number of likely N-dealkylation sites (N-methyl/N-ethyl adjacent to an activating group) is 1. The minimum atomic E-state index is -0.107. The van der Waals surface area contributed by atoms with Gasteiger partial charge in [0, 0.05) is 29.2 Å². The Kier molecular flexibility index (Phi) is 8.47. The van der Waals surface area contributed by atoms with Crippen molar-refractivity contribution in [2.75, 3.05) is 39.2 Å². The molecule has 1 aromatic heterocycles. The topological polar surface area (TPSA) is 72.9 Å². The molecule has 0 unspecified atom stereocenters. The molecule has 1 heterocycles. The van der Waals surface area contributed by atoms with Crippen LogP contribution in [0, 0.1) is 0 Å². The van der Waals surface area contributed by atoms with Crippen molar-refractivity contribution in [2.24, 2.45) is 0 Å². The highest BCUT2D eigenvalue weighted by molar-refractivity contribution is 7.13. The van der Waals surface area contributed by atoms with Gasteiger partial charge in [0.15, 0.2) is 11.5 Å². The van der Waals surface area contributed by atoms with Crippen molar-refractivity contribution in [1.82, 2.24) is 9.88 Å². The SMILES string of the molecule is CCOc1ccc(NC(=O)CN(C)Cc2csc(-c3ccc(OC)cc3)n2)cc1OCC. The van der Waals surface area contributed by atoms with Gasteiger partial charge in [-0.25, -0.2) is 4.98 Å². The number of methoxy groups -OCH3 is 1. The zero-order chi connectivity index (χ0) is 22.9. The second-order valence-corrected chi connectivity index (χ2v) is 7.98. The number of carbonyl (C=O) groups is 1. The number of hydrogen-bond donors (Lipinski definition) is 1. The van der Waals surface area contributed by atoms with Crippen molar-refractivity contribution in [3.63, 3.8) is 0 Å². The molecular weight excluding hydrogens is 426 g/mol. The summed E-state index contributed by atoms with van der Waals surface area (Å²) in [6, 6.07) is 13.2. The van der Waals surface area contributed by atoms with Crippen molar-refractivity contribution < 1.29 is 19.0 Å². The van der Waals surface area contributed by atoms with E-state index in [-0.39, 0.29) is 12.5 Å². The number of nitrogens with zero attached hydrogens (tertiary/aromatic N) is 2. The molecule has 8 heteroatoms. The average Bonchev–Trinajstić information content (AvgIpc) is 3.24. The van der Waals surface area contributed by atoms with Gasteiger partial charge in [-0.1, -0.05) is 0 Å². The molecule has 0 aliphatic rings. The van der Waals surface area contributed by atoms with E-state index in [1.807, 2.05) is 67.6 Å². The Hall–Kier alpha value is -3.10. The van der Waals surface area contributed by atoms with E-state index in [0.29, 0.717) is 36.9 Å². The van der Waals surface area contributed by atoms with Crippen LogP contribution in [0.25, 0.3) is 10.6 Å². The number of hydrogen-bond acceptors (Lipinski definition) is 7. The molecule has 0 aliphatic heterocycles. The smallest absolute Gasteiger partial charge is 0.238 e. The van der Waals surface area contributed by atoms with Crippen LogP contribution in [0.15, 0.2) is 47.8 Å². The summed E-state index contributed by atoms with van der Waals surface area (Å²) in [6.45, 7) is 5.72. The molecule has 0 bridgehead atoms. The predicted octanol–water partition coefficient (Wildman–Crippen LogP) is 4.69. The third-order valence-corrected chi connectivity index (χ3v) is 5.50. The number of rotatable bonds is 11. The first-order valence-electron chi connectivity index (χ1n) is 10.5. The average molecular weight is 456 g/mol. The lowest BCUT2D eigenvalue weighted by atomic mass is 10.2. The molecule has 170 valence electrons. The van der Waals surface area contributed by atoms with Crippen LogP contribution in [0.3, 0.4) is 0 Å². The summed E-state index contributed by atoms with van der Waals surface area (Å²) >= 11 is 1.59. The number of carbonyl (C=O) groups excluding carboxylic acids is 1. The molecule has 0 fully saturated rings. The van der Waals surface area contributed by atoms with E-state index in [4.69, 9.17) is 19.2 Å². The summed E-state index contributed by atoms with van der Waals surface area (Å²) in [5.74, 6) is 2.00. The van der Waals surface area contributed by atoms with Crippen LogP contribution in [-0.2, 0) is 11.3 Å². The molecule has 0 saturated heterocycles. The summed E-state index contributed by atoms with van der Waals surface area (Å²) in [6.07, 6.45) is 0. The molecule has 32 heavy (non-hydrogen) atoms. The van der Waals surface area contributed by atoms with Gasteiger partial charge in [-0.3, -0.25) is 9.69 Å². The number of amides is 1. The Morgan fingerprint density at radius 1 is 1.06 bits per heavy atom. The molecule has 0 atom stereocenters. The van der Waals surface area contributed by atoms with Crippen molar-refractivity contribution in [3.05, 3.63) is 53.5 Å². The zero-order valence-electron chi connectivity index (χ0n) is 18.9. The number of thiazole rings is 1. The largest absolute Gasteiger partial charge is 0.497 e. The molecule has 7 nitrogen and oxygen atoms in total. The Morgan fingerprint density at radius 2 is 1.78 bits per heavy atom. The number of anilines is 1. The third-order valence-electron chi connectivity index (χ3n) is 4.56. The first kappa shape index (κ1) is 23.6. The first-order chi connectivity index (χ1) is 15.5. The van der Waals surface area contributed by atoms with Gasteiger partial charge in [0.05, 0.1) is 32.6 Å². The van der Waals surface area contributed by atoms with E-state index < -0.39 is 0 Å². The van der Waals surface area contributed by atoms with Crippen molar-refractivity contribution in [3.8, 4) is 27.8 Å². The van der Waals surface area contributed by atoms with E-state index in [1.165, 1.54) is 0 Å². The van der Waals surface area contributed by atoms with Crippen molar-refractivity contribution >= 4 is 22.9 Å². The van der Waals surface area contributed by atoms with E-state index in [0.717, 1.165) is 22.0 Å². The Bertz CT molecular complexity index is 1020. The normalized spacial score (nSPS) is 10.8. The Morgan fingerprint density at radius 3 is 2.47 bits per heavy atom. The van der Waals surface area contributed by atoms with Crippen LogP contribution >= 0.6 is 11.3 Å². The molecule has 3 rings (SSSR count). The minimum absolute atomic E-state index is 0.107. The highest BCUT2D eigenvalue weighted by Crippen LogP contribution is 2.30. The highest BCUT2D eigenvalue weighted by Gasteiger charge is 2.12. The summed E-state index contributed by atoms with van der Waals surface area (Å²) in [4.78, 5) is 19.2. The maximum Gasteiger partial charge on any atom is 0.238 e. The lowest BCUT2D eigenvalue weighted by molar-refractivity contribution is -0.117. The fourth-order valence-electron chi connectivity index (χ4n) is 3.15. The number of benzene rings is 2. The molecule has 0 aliphatic carbocycles. The fraction of sp³-hybridized carbons (Fsp3) is 0.333. The fourth-order valence-corrected chi connectivity index (χ4v) is 3.97. The quantitative estimate of drug-likeness (QED) is 0.452. The minimum Gasteiger partial charge on any atom is -0.497 e. The maximum atomic E-state index is 12.5. The van der Waals surface area contributed by atoms with Crippen LogP contribution in [-0.4, -0.2) is 49.7 Å². The van der Waals surface area contributed by atoms with E-state index in [2.05, 4.69) is 5.32 Å². The molecule has 3 aromatic rings. The number of aromatic nitrogens is 1. The first-order valence-corrected chi connectivity index (χ1v) is 11.4. The second-order valence-electron chi connectivity index (χ2n) is 7.12. The van der Waals surface area contributed by atoms with Crippen LogP contribution < -0.4 is 19.5 Å². The van der Waals surface area contributed by atoms with Gasteiger partial charge >= 0.3 is 0 Å². The molecular formula is C24H29N3O4S. The monoisotopic (exact) mass is 455 g/mol. The van der Waals surface area contributed by atoms with E-state index in [1.54, 1.807) is 24.5 Å². The van der Waals surface area contributed by atoms with E-state index >= 15 is 0 Å². The zero-order valence-corrected chi connectivity index (χ0v) is 19.7. The molecule has 1 N–H and O–H groups in total. The van der Waals surface area contributed by atoms with Gasteiger partial charge < -0.3 is 19.5 Å². The van der Waals surface area contributed by atoms with Gasteiger partial charge in [-0.05, 0) is 57.3 Å². The number of nitrogens with one attached hydrogen (secondary N) is 1. The van der Waals surface area contributed by atoms with E-state index in [9.17, 15) is 4.79 Å². The van der Waals surface area contributed by atoms with Crippen LogP contribution in [0.1, 0.15) is 19.5 Å². The lowest BCUT2D eigenvalue weighted by Crippen LogP contribution is -2.29. The van der Waals surface area contributed by atoms with Crippen LogP contribution in [0.2, 0.25) is 0 Å². The summed E-state index contributed by atoms with van der Waals surface area (Å²) in [5.41, 5.74) is 2.64. The molecule has 2 aromatic carbocycles. The third kappa shape index (κ3) is 6.45. The summed E-state index contributed by atoms with van der Waals surface area (Å²) in [5, 5.41) is 5.89. The Labute approximate surface area is 193 Å². The van der Waals surface area contributed by atoms with Crippen molar-refractivity contribution in [1.29, 1.82) is 0 Å². The molecule has 0 radical (unpaired) electrons. The molecule has 0 saturated carbocycles. The second kappa shape index (κ2) is 11.5. The van der Waals surface area contributed by atoms with Gasteiger partial charge in [0.1, 0.15) is 10.8 Å². The van der Waals surface area contributed by atoms with Gasteiger partial charge in [-0.15, -0.1) is 11.3 Å². The summed E-state index contributed by atoms with van der Waals surface area (Å²) < 4.78 is 16.4. The van der Waals surface area contributed by atoms with Gasteiger partial charge in [-0.2, -0.15) is 0 Å². The standard InChI is InChI=1S/C24H29N3O4S/c1-5-30-21-12-9-18(13-22(21)31-6-2)25-23(28)15-27(3)14-19-16-32-24(26-19)17-7-10-20(29-4)11-8-17/h7-13,16H,5-6,14-15H2,1-4H3,(H,25,28). The molecule has 0 spiro atoms. The number of ether oxygens (including phenoxy) is 3.